The predicted octanol–water partition coefficient (Wildman–Crippen LogP) is 5.96. The predicted molar refractivity (Wildman–Crippen MR) is 144 cm³/mol. The summed E-state index contributed by atoms with van der Waals surface area (Å²) in [6, 6.07) is 10.9. The van der Waals surface area contributed by atoms with Gasteiger partial charge in [0.05, 0.1) is 21.8 Å². The van der Waals surface area contributed by atoms with Crippen molar-refractivity contribution < 1.29 is 9.59 Å². The maximum absolute atomic E-state index is 12.8. The van der Waals surface area contributed by atoms with E-state index in [9.17, 15) is 9.59 Å². The molecule has 2 aliphatic rings. The van der Waals surface area contributed by atoms with Crippen molar-refractivity contribution >= 4 is 70.9 Å². The molecule has 0 unspecified atom stereocenters. The zero-order valence-electron chi connectivity index (χ0n) is 18.9. The minimum Gasteiger partial charge on any atom is -0.352 e. The van der Waals surface area contributed by atoms with Crippen molar-refractivity contribution in [2.24, 2.45) is 5.92 Å². The first-order valence-electron chi connectivity index (χ1n) is 11.4. The number of nitrogens with zero attached hydrogens (tertiary/aromatic N) is 3. The second-order valence-corrected chi connectivity index (χ2v) is 10.6. The molecule has 35 heavy (non-hydrogen) atoms. The lowest BCUT2D eigenvalue weighted by atomic mass is 9.92. The first-order valence-corrected chi connectivity index (χ1v) is 12.9. The Kier molecular flexibility index (Phi) is 8.32. The van der Waals surface area contributed by atoms with Crippen LogP contribution in [0.5, 0.6) is 0 Å². The number of hydrogen-bond acceptors (Lipinski definition) is 4. The molecule has 0 bridgehead atoms. The van der Waals surface area contributed by atoms with E-state index in [1.807, 2.05) is 29.2 Å². The van der Waals surface area contributed by atoms with Gasteiger partial charge >= 0.3 is 0 Å². The van der Waals surface area contributed by atoms with E-state index >= 15 is 0 Å². The average molecular weight is 552 g/mol. The SMILES string of the molecule is Cl.O=C(NCCCC1CCN(C(=O)c2cc(Cl)cc(Cl)c2)CC1)C1=Cc2cnc3cccc(n23)S1. The van der Waals surface area contributed by atoms with Crippen LogP contribution in [0.1, 0.15) is 41.7 Å². The molecule has 5 rings (SSSR count). The summed E-state index contributed by atoms with van der Waals surface area (Å²) in [6.45, 7) is 2.09. The zero-order chi connectivity index (χ0) is 23.7. The van der Waals surface area contributed by atoms with Crippen molar-refractivity contribution in [3.8, 4) is 0 Å². The van der Waals surface area contributed by atoms with Gasteiger partial charge in [0.2, 0.25) is 0 Å². The van der Waals surface area contributed by atoms with Crippen LogP contribution in [-0.4, -0.2) is 45.7 Å². The summed E-state index contributed by atoms with van der Waals surface area (Å²) in [4.78, 5) is 32.4. The summed E-state index contributed by atoms with van der Waals surface area (Å²) < 4.78 is 2.06. The largest absolute Gasteiger partial charge is 0.352 e. The highest BCUT2D eigenvalue weighted by Gasteiger charge is 2.24. The molecule has 0 atom stereocenters. The molecule has 4 heterocycles. The Morgan fingerprint density at radius 3 is 2.60 bits per heavy atom. The normalized spacial score (nSPS) is 15.5. The number of piperidine rings is 1. The standard InChI is InChI=1S/C25H24Cl2N4O2S.ClH/c26-18-11-17(12-19(27)13-18)25(33)30-9-6-16(7-10-30)3-2-8-28-24(32)21-14-20-15-29-22-4-1-5-23(34-21)31(20)22;/h1,4-5,11-16H,2-3,6-10H2,(H,28,32);1H. The lowest BCUT2D eigenvalue weighted by Gasteiger charge is -2.32. The molecule has 0 spiro atoms. The first kappa shape index (κ1) is 25.9. The quantitative estimate of drug-likeness (QED) is 0.384. The molecule has 184 valence electrons. The van der Waals surface area contributed by atoms with E-state index in [0.29, 0.717) is 33.0 Å². The minimum atomic E-state index is -0.0462. The van der Waals surface area contributed by atoms with Crippen molar-refractivity contribution in [3.05, 3.63) is 68.8 Å². The third kappa shape index (κ3) is 5.80. The van der Waals surface area contributed by atoms with Gasteiger partial charge in [0.15, 0.2) is 0 Å². The van der Waals surface area contributed by atoms with E-state index < -0.39 is 0 Å². The first-order chi connectivity index (χ1) is 16.5. The molecule has 1 aromatic carbocycles. The summed E-state index contributed by atoms with van der Waals surface area (Å²) >= 11 is 13.5. The second-order valence-electron chi connectivity index (χ2n) is 8.64. The van der Waals surface area contributed by atoms with Gasteiger partial charge in [-0.05, 0) is 68.0 Å². The van der Waals surface area contributed by atoms with Crippen LogP contribution in [-0.2, 0) is 4.79 Å². The molecule has 1 fully saturated rings. The van der Waals surface area contributed by atoms with Gasteiger partial charge in [-0.1, -0.05) is 41.0 Å². The summed E-state index contributed by atoms with van der Waals surface area (Å²) in [5.41, 5.74) is 2.35. The number of halogens is 3. The molecule has 2 aliphatic heterocycles. The highest BCUT2D eigenvalue weighted by molar-refractivity contribution is 8.04. The van der Waals surface area contributed by atoms with Gasteiger partial charge < -0.3 is 10.2 Å². The molecule has 1 saturated heterocycles. The fourth-order valence-electron chi connectivity index (χ4n) is 4.56. The molecule has 10 heteroatoms. The number of carbonyl (C=O) groups excluding carboxylic acids is 2. The third-order valence-corrected chi connectivity index (χ3v) is 7.81. The Hall–Kier alpha value is -2.19. The third-order valence-electron chi connectivity index (χ3n) is 6.32. The summed E-state index contributed by atoms with van der Waals surface area (Å²) in [6.07, 6.45) is 7.56. The number of rotatable bonds is 6. The fraction of sp³-hybridized carbons (Fsp3) is 0.320. The lowest BCUT2D eigenvalue weighted by Crippen LogP contribution is -2.38. The van der Waals surface area contributed by atoms with Crippen molar-refractivity contribution in [2.45, 2.75) is 30.7 Å². The van der Waals surface area contributed by atoms with E-state index in [-0.39, 0.29) is 24.2 Å². The second kappa shape index (κ2) is 11.2. The van der Waals surface area contributed by atoms with E-state index in [1.54, 1.807) is 24.4 Å². The van der Waals surface area contributed by atoms with Gasteiger partial charge in [0, 0.05) is 35.2 Å². The minimum absolute atomic E-state index is 0. The van der Waals surface area contributed by atoms with Crippen molar-refractivity contribution in [3.63, 3.8) is 0 Å². The Morgan fingerprint density at radius 1 is 1.11 bits per heavy atom. The lowest BCUT2D eigenvalue weighted by molar-refractivity contribution is -0.116. The highest BCUT2D eigenvalue weighted by Crippen LogP contribution is 2.34. The molecule has 0 radical (unpaired) electrons. The number of thioether (sulfide) groups is 1. The number of likely N-dealkylation sites (tertiary alicyclic amines) is 1. The van der Waals surface area contributed by atoms with Crippen molar-refractivity contribution in [2.75, 3.05) is 19.6 Å². The maximum Gasteiger partial charge on any atom is 0.258 e. The molecule has 0 aliphatic carbocycles. The monoisotopic (exact) mass is 550 g/mol. The molecule has 1 N–H and O–H groups in total. The van der Waals surface area contributed by atoms with Crippen LogP contribution in [0.15, 0.2) is 52.5 Å². The Morgan fingerprint density at radius 2 is 1.86 bits per heavy atom. The maximum atomic E-state index is 12.8. The van der Waals surface area contributed by atoms with Crippen LogP contribution in [0, 0.1) is 5.92 Å². The average Bonchev–Trinajstić information content (AvgIpc) is 3.25. The smallest absolute Gasteiger partial charge is 0.258 e. The number of nitrogens with one attached hydrogen (secondary N) is 1. The van der Waals surface area contributed by atoms with Crippen LogP contribution in [0.25, 0.3) is 11.7 Å². The van der Waals surface area contributed by atoms with E-state index in [2.05, 4.69) is 14.7 Å². The summed E-state index contributed by atoms with van der Waals surface area (Å²) in [7, 11) is 0. The van der Waals surface area contributed by atoms with Crippen molar-refractivity contribution in [1.82, 2.24) is 19.6 Å². The van der Waals surface area contributed by atoms with Gasteiger partial charge in [0.25, 0.3) is 11.8 Å². The number of imidazole rings is 1. The van der Waals surface area contributed by atoms with Gasteiger partial charge in [-0.2, -0.15) is 0 Å². The highest BCUT2D eigenvalue weighted by atomic mass is 35.5. The summed E-state index contributed by atoms with van der Waals surface area (Å²) in [5.74, 6) is 0.486. The van der Waals surface area contributed by atoms with Crippen LogP contribution < -0.4 is 5.32 Å². The van der Waals surface area contributed by atoms with Gasteiger partial charge in [0.1, 0.15) is 5.65 Å². The van der Waals surface area contributed by atoms with Gasteiger partial charge in [-0.3, -0.25) is 14.0 Å². The van der Waals surface area contributed by atoms with Gasteiger partial charge in [-0.15, -0.1) is 12.4 Å². The van der Waals surface area contributed by atoms with Gasteiger partial charge in [-0.25, -0.2) is 4.98 Å². The molecule has 3 aromatic rings. The Bertz CT molecular complexity index is 1260. The van der Waals surface area contributed by atoms with Crippen LogP contribution in [0.2, 0.25) is 10.0 Å². The molecular formula is C25H25Cl3N4O2S. The molecule has 2 aromatic heterocycles. The number of benzene rings is 1. The van der Waals surface area contributed by atoms with E-state index in [4.69, 9.17) is 23.2 Å². The van der Waals surface area contributed by atoms with E-state index in [0.717, 1.165) is 55.1 Å². The van der Waals surface area contributed by atoms with Crippen LogP contribution in [0.4, 0.5) is 0 Å². The number of pyridine rings is 1. The topological polar surface area (TPSA) is 66.7 Å². The number of amides is 2. The van der Waals surface area contributed by atoms with Crippen LogP contribution >= 0.6 is 47.4 Å². The molecular weight excluding hydrogens is 527 g/mol. The molecule has 0 saturated carbocycles. The molecule has 6 nitrogen and oxygen atoms in total. The van der Waals surface area contributed by atoms with Crippen LogP contribution in [0.3, 0.4) is 0 Å². The van der Waals surface area contributed by atoms with Crippen molar-refractivity contribution in [1.29, 1.82) is 0 Å². The number of hydrogen-bond donors (Lipinski definition) is 1. The zero-order valence-corrected chi connectivity index (χ0v) is 22.0. The Balaban J connectivity index is 0.00000289. The number of carbonyl (C=O) groups is 2. The molecule has 2 amide bonds. The summed E-state index contributed by atoms with van der Waals surface area (Å²) in [5, 5.41) is 5.00. The van der Waals surface area contributed by atoms with E-state index in [1.165, 1.54) is 11.8 Å². The number of aromatic nitrogens is 2. The Labute approximate surface area is 224 Å². The fourth-order valence-corrected chi connectivity index (χ4v) is 6.10.